The van der Waals surface area contributed by atoms with Crippen LogP contribution in [-0.4, -0.2) is 45.5 Å². The molecule has 1 amide bonds. The van der Waals surface area contributed by atoms with E-state index >= 15 is 0 Å². The van der Waals surface area contributed by atoms with Gasteiger partial charge in [0, 0.05) is 11.6 Å². The van der Waals surface area contributed by atoms with Gasteiger partial charge in [-0.25, -0.2) is 8.78 Å². The number of hydrogen-bond acceptors (Lipinski definition) is 6. The van der Waals surface area contributed by atoms with Crippen LogP contribution in [0.1, 0.15) is 0 Å². The Kier molecular flexibility index (Phi) is 5.97. The smallest absolute Gasteiger partial charge is 0.258 e. The molecule has 0 saturated heterocycles. The number of ether oxygens (including phenoxy) is 2. The molecule has 2 aromatic carbocycles. The van der Waals surface area contributed by atoms with E-state index in [0.717, 1.165) is 0 Å². The molecule has 0 aliphatic heterocycles. The van der Waals surface area contributed by atoms with Crippen molar-refractivity contribution in [2.75, 3.05) is 19.8 Å². The molecule has 31 heavy (non-hydrogen) atoms. The number of para-hydroxylation sites is 1. The molecule has 4 aromatic rings. The normalized spacial score (nSPS) is 10.8. The molecule has 0 atom stereocenters. The van der Waals surface area contributed by atoms with E-state index in [9.17, 15) is 13.6 Å². The molecule has 4 rings (SSSR count). The van der Waals surface area contributed by atoms with Gasteiger partial charge in [-0.15, -0.1) is 15.3 Å². The monoisotopic (exact) mass is 425 g/mol. The number of carbonyl (C=O) groups excluding carboxylic acids is 1. The average molecular weight is 425 g/mol. The molecule has 0 radical (unpaired) electrons. The molecule has 0 saturated carbocycles. The van der Waals surface area contributed by atoms with E-state index in [1.807, 2.05) is 0 Å². The first kappa shape index (κ1) is 20.2. The fraction of sp³-hybridized carbons (Fsp3) is 0.143. The van der Waals surface area contributed by atoms with Gasteiger partial charge in [-0.1, -0.05) is 24.3 Å². The SMILES string of the molecule is O=C(COc1ccccc1F)NCCOc1ccc2nnc(-c3cccc(F)c3)n2n1. The van der Waals surface area contributed by atoms with Crippen LogP contribution in [0.5, 0.6) is 11.6 Å². The number of hydrogen-bond donors (Lipinski definition) is 1. The molecule has 2 aromatic heterocycles. The summed E-state index contributed by atoms with van der Waals surface area (Å²) >= 11 is 0. The van der Waals surface area contributed by atoms with Crippen LogP contribution in [0, 0.1) is 11.6 Å². The Hall–Kier alpha value is -4.08. The predicted octanol–water partition coefficient (Wildman–Crippen LogP) is 2.64. The number of rotatable bonds is 8. The lowest BCUT2D eigenvalue weighted by Gasteiger charge is -2.09. The Balaban J connectivity index is 1.31. The van der Waals surface area contributed by atoms with Gasteiger partial charge in [0.25, 0.3) is 5.91 Å². The van der Waals surface area contributed by atoms with E-state index in [1.165, 1.54) is 34.8 Å². The first-order valence-corrected chi connectivity index (χ1v) is 9.35. The summed E-state index contributed by atoms with van der Waals surface area (Å²) < 4.78 is 39.1. The zero-order chi connectivity index (χ0) is 21.6. The number of benzene rings is 2. The van der Waals surface area contributed by atoms with E-state index in [-0.39, 0.29) is 31.4 Å². The highest BCUT2D eigenvalue weighted by molar-refractivity contribution is 5.77. The molecule has 0 unspecified atom stereocenters. The number of halogens is 2. The topological polar surface area (TPSA) is 90.6 Å². The van der Waals surface area contributed by atoms with Crippen LogP contribution in [0.15, 0.2) is 60.7 Å². The summed E-state index contributed by atoms with van der Waals surface area (Å²) in [6.45, 7) is 0.0162. The summed E-state index contributed by atoms with van der Waals surface area (Å²) in [6.07, 6.45) is 0. The van der Waals surface area contributed by atoms with Gasteiger partial charge in [0.15, 0.2) is 29.6 Å². The highest BCUT2D eigenvalue weighted by atomic mass is 19.1. The van der Waals surface area contributed by atoms with E-state index in [0.29, 0.717) is 17.0 Å². The highest BCUT2D eigenvalue weighted by Crippen LogP contribution is 2.19. The van der Waals surface area contributed by atoms with Crippen molar-refractivity contribution in [2.24, 2.45) is 0 Å². The number of aromatic nitrogens is 4. The van der Waals surface area contributed by atoms with E-state index in [2.05, 4.69) is 20.6 Å². The van der Waals surface area contributed by atoms with Crippen molar-refractivity contribution in [2.45, 2.75) is 0 Å². The van der Waals surface area contributed by atoms with Gasteiger partial charge >= 0.3 is 0 Å². The van der Waals surface area contributed by atoms with Crippen LogP contribution in [-0.2, 0) is 4.79 Å². The Bertz CT molecular complexity index is 1210. The maximum absolute atomic E-state index is 13.5. The highest BCUT2D eigenvalue weighted by Gasteiger charge is 2.11. The Morgan fingerprint density at radius 1 is 1.00 bits per heavy atom. The van der Waals surface area contributed by atoms with E-state index < -0.39 is 17.5 Å². The standard InChI is InChI=1S/C21H17F2N5O3/c22-15-5-3-4-14(12-15)21-26-25-18-8-9-20(27-28(18)21)30-11-10-24-19(29)13-31-17-7-2-1-6-16(17)23/h1-9,12H,10-11,13H2,(H,24,29). The Labute approximate surface area is 175 Å². The summed E-state index contributed by atoms with van der Waals surface area (Å²) in [5.41, 5.74) is 1.00. The van der Waals surface area contributed by atoms with Gasteiger partial charge in [0.1, 0.15) is 12.4 Å². The maximum atomic E-state index is 13.5. The molecule has 0 fully saturated rings. The van der Waals surface area contributed by atoms with Gasteiger partial charge in [-0.3, -0.25) is 4.79 Å². The molecule has 0 aliphatic rings. The van der Waals surface area contributed by atoms with Gasteiger partial charge in [0.05, 0.1) is 6.54 Å². The third-order valence-electron chi connectivity index (χ3n) is 4.19. The van der Waals surface area contributed by atoms with Gasteiger partial charge in [-0.2, -0.15) is 4.52 Å². The lowest BCUT2D eigenvalue weighted by Crippen LogP contribution is -2.32. The Morgan fingerprint density at radius 2 is 1.87 bits per heavy atom. The maximum Gasteiger partial charge on any atom is 0.258 e. The summed E-state index contributed by atoms with van der Waals surface area (Å²) in [7, 11) is 0. The van der Waals surface area contributed by atoms with E-state index in [4.69, 9.17) is 9.47 Å². The summed E-state index contributed by atoms with van der Waals surface area (Å²) in [5, 5.41) is 15.0. The summed E-state index contributed by atoms with van der Waals surface area (Å²) in [6, 6.07) is 15.1. The number of amides is 1. The lowest BCUT2D eigenvalue weighted by molar-refractivity contribution is -0.123. The van der Waals surface area contributed by atoms with Crippen molar-refractivity contribution in [3.63, 3.8) is 0 Å². The largest absolute Gasteiger partial charge is 0.481 e. The molecular weight excluding hydrogens is 408 g/mol. The van der Waals surface area contributed by atoms with Crippen molar-refractivity contribution in [3.8, 4) is 23.0 Å². The first-order chi connectivity index (χ1) is 15.1. The fourth-order valence-corrected chi connectivity index (χ4v) is 2.76. The minimum atomic E-state index is -0.535. The van der Waals surface area contributed by atoms with Gasteiger partial charge < -0.3 is 14.8 Å². The molecule has 1 N–H and O–H groups in total. The quantitative estimate of drug-likeness (QED) is 0.437. The minimum absolute atomic E-state index is 0.00875. The average Bonchev–Trinajstić information content (AvgIpc) is 3.19. The number of nitrogens with zero attached hydrogens (tertiary/aromatic N) is 4. The molecule has 0 aliphatic carbocycles. The lowest BCUT2D eigenvalue weighted by atomic mass is 10.2. The zero-order valence-electron chi connectivity index (χ0n) is 16.2. The molecule has 2 heterocycles. The number of carbonyl (C=O) groups is 1. The summed E-state index contributed by atoms with van der Waals surface area (Å²) in [4.78, 5) is 11.8. The van der Waals surface area contributed by atoms with Crippen molar-refractivity contribution < 1.29 is 23.0 Å². The van der Waals surface area contributed by atoms with Crippen LogP contribution in [0.3, 0.4) is 0 Å². The van der Waals surface area contributed by atoms with Crippen molar-refractivity contribution in [3.05, 3.63) is 72.3 Å². The predicted molar refractivity (Wildman–Crippen MR) is 107 cm³/mol. The van der Waals surface area contributed by atoms with E-state index in [1.54, 1.807) is 30.3 Å². The van der Waals surface area contributed by atoms with Crippen LogP contribution < -0.4 is 14.8 Å². The van der Waals surface area contributed by atoms with Crippen LogP contribution in [0.4, 0.5) is 8.78 Å². The van der Waals surface area contributed by atoms with Crippen LogP contribution in [0.2, 0.25) is 0 Å². The number of nitrogens with one attached hydrogen (secondary N) is 1. The number of fused-ring (bicyclic) bond motifs is 1. The van der Waals surface area contributed by atoms with Gasteiger partial charge in [0.2, 0.25) is 5.88 Å². The third kappa shape index (κ3) is 4.92. The second-order valence-corrected chi connectivity index (χ2v) is 6.39. The summed E-state index contributed by atoms with van der Waals surface area (Å²) in [5.74, 6) is -0.680. The first-order valence-electron chi connectivity index (χ1n) is 9.35. The molecule has 158 valence electrons. The molecule has 10 heteroatoms. The minimum Gasteiger partial charge on any atom is -0.481 e. The molecule has 0 bridgehead atoms. The zero-order valence-corrected chi connectivity index (χ0v) is 16.2. The second-order valence-electron chi connectivity index (χ2n) is 6.39. The van der Waals surface area contributed by atoms with Crippen LogP contribution >= 0.6 is 0 Å². The van der Waals surface area contributed by atoms with Crippen LogP contribution in [0.25, 0.3) is 17.0 Å². The molecule has 0 spiro atoms. The third-order valence-corrected chi connectivity index (χ3v) is 4.19. The van der Waals surface area contributed by atoms with Crippen molar-refractivity contribution in [1.29, 1.82) is 0 Å². The Morgan fingerprint density at radius 3 is 2.71 bits per heavy atom. The second kappa shape index (κ2) is 9.16. The van der Waals surface area contributed by atoms with Crippen molar-refractivity contribution in [1.82, 2.24) is 25.1 Å². The van der Waals surface area contributed by atoms with Gasteiger partial charge in [-0.05, 0) is 30.3 Å². The fourth-order valence-electron chi connectivity index (χ4n) is 2.76. The molecular formula is C21H17F2N5O3. The molecule has 8 nitrogen and oxygen atoms in total. The van der Waals surface area contributed by atoms with Crippen molar-refractivity contribution >= 4 is 11.6 Å².